The molecule has 0 saturated carbocycles. The molecule has 2 N–H and O–H groups in total. The van der Waals surface area contributed by atoms with Crippen molar-refractivity contribution < 1.29 is 4.79 Å². The number of piperidine rings is 1. The molecule has 4 rings (SSSR count). The minimum absolute atomic E-state index is 0.126. The Labute approximate surface area is 154 Å². The molecule has 1 saturated heterocycles. The Balaban J connectivity index is 1.25. The van der Waals surface area contributed by atoms with Crippen LogP contribution in [0.15, 0.2) is 60.8 Å². The number of H-pyrrole nitrogens is 1. The molecule has 0 aliphatic carbocycles. The molecule has 3 aromatic rings. The third kappa shape index (κ3) is 4.14. The summed E-state index contributed by atoms with van der Waals surface area (Å²) in [6, 6.07) is 19.1. The Bertz CT molecular complexity index is 863. The number of likely N-dealkylation sites (tertiary alicyclic amines) is 1. The molecule has 0 radical (unpaired) electrons. The van der Waals surface area contributed by atoms with Crippen molar-refractivity contribution in [2.24, 2.45) is 0 Å². The highest BCUT2D eigenvalue weighted by Crippen LogP contribution is 2.16. The Morgan fingerprint density at radius 2 is 1.85 bits per heavy atom. The van der Waals surface area contributed by atoms with Crippen molar-refractivity contribution in [1.29, 1.82) is 0 Å². The standard InChI is InChI=1S/C22H25N3O/c26-22(15-18-6-7-21-19(14-18)8-11-23-21)24-20-9-12-25(13-10-20)16-17-4-2-1-3-5-17/h1-8,11,14,20,23H,9-10,12-13,15-16H2,(H,24,26). The number of aromatic nitrogens is 1. The van der Waals surface area contributed by atoms with Crippen LogP contribution in [0.2, 0.25) is 0 Å². The number of nitrogens with zero attached hydrogens (tertiary/aromatic N) is 1. The van der Waals surface area contributed by atoms with E-state index in [2.05, 4.69) is 51.6 Å². The average Bonchev–Trinajstić information content (AvgIpc) is 3.12. The molecule has 0 atom stereocenters. The number of aromatic amines is 1. The lowest BCUT2D eigenvalue weighted by Gasteiger charge is -2.32. The van der Waals surface area contributed by atoms with Crippen LogP contribution in [0.3, 0.4) is 0 Å². The van der Waals surface area contributed by atoms with E-state index in [1.807, 2.05) is 24.4 Å². The zero-order valence-electron chi connectivity index (χ0n) is 14.9. The Morgan fingerprint density at radius 3 is 2.65 bits per heavy atom. The van der Waals surface area contributed by atoms with Crippen molar-refractivity contribution >= 4 is 16.8 Å². The normalized spacial score (nSPS) is 16.0. The number of carbonyl (C=O) groups is 1. The van der Waals surface area contributed by atoms with Crippen LogP contribution in [0.25, 0.3) is 10.9 Å². The number of rotatable bonds is 5. The van der Waals surface area contributed by atoms with Gasteiger partial charge in [-0.1, -0.05) is 36.4 Å². The monoisotopic (exact) mass is 347 g/mol. The van der Waals surface area contributed by atoms with Gasteiger partial charge in [-0.15, -0.1) is 0 Å². The van der Waals surface area contributed by atoms with Gasteiger partial charge >= 0.3 is 0 Å². The molecular weight excluding hydrogens is 322 g/mol. The molecule has 0 spiro atoms. The second-order valence-corrected chi connectivity index (χ2v) is 7.18. The fraction of sp³-hybridized carbons (Fsp3) is 0.318. The van der Waals surface area contributed by atoms with Crippen molar-refractivity contribution in [1.82, 2.24) is 15.2 Å². The zero-order valence-corrected chi connectivity index (χ0v) is 14.9. The predicted octanol–water partition coefficient (Wildman–Crippen LogP) is 3.49. The van der Waals surface area contributed by atoms with Gasteiger partial charge in [0, 0.05) is 37.4 Å². The Hall–Kier alpha value is -2.59. The topological polar surface area (TPSA) is 48.1 Å². The summed E-state index contributed by atoms with van der Waals surface area (Å²) >= 11 is 0. The van der Waals surface area contributed by atoms with Crippen LogP contribution >= 0.6 is 0 Å². The smallest absolute Gasteiger partial charge is 0.224 e. The number of hydrogen-bond acceptors (Lipinski definition) is 2. The summed E-state index contributed by atoms with van der Waals surface area (Å²) in [5.74, 6) is 0.126. The molecule has 2 heterocycles. The van der Waals surface area contributed by atoms with Gasteiger partial charge in [0.05, 0.1) is 6.42 Å². The lowest BCUT2D eigenvalue weighted by molar-refractivity contribution is -0.121. The van der Waals surface area contributed by atoms with Crippen molar-refractivity contribution in [3.05, 3.63) is 71.9 Å². The van der Waals surface area contributed by atoms with Gasteiger partial charge in [-0.05, 0) is 47.6 Å². The molecule has 0 bridgehead atoms. The molecule has 1 aliphatic heterocycles. The van der Waals surface area contributed by atoms with E-state index >= 15 is 0 Å². The van der Waals surface area contributed by atoms with Crippen LogP contribution < -0.4 is 5.32 Å². The van der Waals surface area contributed by atoms with Gasteiger partial charge in [0.1, 0.15) is 0 Å². The molecule has 1 fully saturated rings. The quantitative estimate of drug-likeness (QED) is 0.742. The van der Waals surface area contributed by atoms with Gasteiger partial charge in [0.2, 0.25) is 5.91 Å². The minimum Gasteiger partial charge on any atom is -0.361 e. The maximum atomic E-state index is 12.4. The molecule has 4 nitrogen and oxygen atoms in total. The third-order valence-corrected chi connectivity index (χ3v) is 5.18. The first-order valence-corrected chi connectivity index (χ1v) is 9.38. The van der Waals surface area contributed by atoms with E-state index in [0.717, 1.165) is 48.9 Å². The summed E-state index contributed by atoms with van der Waals surface area (Å²) in [5.41, 5.74) is 3.53. The fourth-order valence-corrected chi connectivity index (χ4v) is 3.75. The van der Waals surface area contributed by atoms with Gasteiger partial charge in [-0.25, -0.2) is 0 Å². The summed E-state index contributed by atoms with van der Waals surface area (Å²) in [4.78, 5) is 18.0. The molecule has 26 heavy (non-hydrogen) atoms. The van der Waals surface area contributed by atoms with Crippen LogP contribution in [0.1, 0.15) is 24.0 Å². The molecule has 1 aromatic heterocycles. The maximum Gasteiger partial charge on any atom is 0.224 e. The molecular formula is C22H25N3O. The molecule has 134 valence electrons. The summed E-state index contributed by atoms with van der Waals surface area (Å²) in [6.07, 6.45) is 4.42. The first kappa shape index (κ1) is 16.9. The molecule has 1 amide bonds. The van der Waals surface area contributed by atoms with E-state index in [-0.39, 0.29) is 5.91 Å². The first-order chi connectivity index (χ1) is 12.8. The van der Waals surface area contributed by atoms with E-state index in [1.54, 1.807) is 0 Å². The maximum absolute atomic E-state index is 12.4. The van der Waals surface area contributed by atoms with Crippen LogP contribution in [0, 0.1) is 0 Å². The Morgan fingerprint density at radius 1 is 1.04 bits per heavy atom. The second kappa shape index (κ2) is 7.75. The average molecular weight is 347 g/mol. The minimum atomic E-state index is 0.126. The van der Waals surface area contributed by atoms with Gasteiger partial charge < -0.3 is 10.3 Å². The van der Waals surface area contributed by atoms with Crippen LogP contribution in [0.5, 0.6) is 0 Å². The lowest BCUT2D eigenvalue weighted by atomic mass is 10.0. The van der Waals surface area contributed by atoms with Gasteiger partial charge in [0.15, 0.2) is 0 Å². The van der Waals surface area contributed by atoms with Gasteiger partial charge in [-0.3, -0.25) is 9.69 Å². The highest BCUT2D eigenvalue weighted by atomic mass is 16.1. The number of hydrogen-bond donors (Lipinski definition) is 2. The number of fused-ring (bicyclic) bond motifs is 1. The SMILES string of the molecule is O=C(Cc1ccc2[nH]ccc2c1)NC1CCN(Cc2ccccc2)CC1. The third-order valence-electron chi connectivity index (χ3n) is 5.18. The molecule has 2 aromatic carbocycles. The molecule has 4 heteroatoms. The van der Waals surface area contributed by atoms with Crippen molar-refractivity contribution in [3.8, 4) is 0 Å². The van der Waals surface area contributed by atoms with Gasteiger partial charge in [-0.2, -0.15) is 0 Å². The van der Waals surface area contributed by atoms with Crippen LogP contribution in [-0.4, -0.2) is 34.9 Å². The summed E-state index contributed by atoms with van der Waals surface area (Å²) in [6.45, 7) is 3.07. The zero-order chi connectivity index (χ0) is 17.8. The highest BCUT2D eigenvalue weighted by molar-refractivity contribution is 5.83. The first-order valence-electron chi connectivity index (χ1n) is 9.38. The fourth-order valence-electron chi connectivity index (χ4n) is 3.75. The van der Waals surface area contributed by atoms with E-state index in [4.69, 9.17) is 0 Å². The summed E-state index contributed by atoms with van der Waals surface area (Å²) < 4.78 is 0. The summed E-state index contributed by atoms with van der Waals surface area (Å²) in [5, 5.41) is 4.38. The lowest BCUT2D eigenvalue weighted by Crippen LogP contribution is -2.44. The van der Waals surface area contributed by atoms with Gasteiger partial charge in [0.25, 0.3) is 0 Å². The van der Waals surface area contributed by atoms with E-state index in [1.165, 1.54) is 5.56 Å². The van der Waals surface area contributed by atoms with Crippen LogP contribution in [0.4, 0.5) is 0 Å². The Kier molecular flexibility index (Phi) is 5.02. The highest BCUT2D eigenvalue weighted by Gasteiger charge is 2.20. The number of nitrogens with one attached hydrogen (secondary N) is 2. The van der Waals surface area contributed by atoms with Crippen molar-refractivity contribution in [2.75, 3.05) is 13.1 Å². The predicted molar refractivity (Wildman–Crippen MR) is 105 cm³/mol. The molecule has 0 unspecified atom stereocenters. The molecule has 1 aliphatic rings. The summed E-state index contributed by atoms with van der Waals surface area (Å²) in [7, 11) is 0. The van der Waals surface area contributed by atoms with E-state index < -0.39 is 0 Å². The second-order valence-electron chi connectivity index (χ2n) is 7.18. The van der Waals surface area contributed by atoms with Crippen molar-refractivity contribution in [2.45, 2.75) is 31.8 Å². The van der Waals surface area contributed by atoms with Crippen molar-refractivity contribution in [3.63, 3.8) is 0 Å². The van der Waals surface area contributed by atoms with E-state index in [9.17, 15) is 4.79 Å². The number of amides is 1. The van der Waals surface area contributed by atoms with Crippen LogP contribution in [-0.2, 0) is 17.8 Å². The number of carbonyl (C=O) groups excluding carboxylic acids is 1. The number of benzene rings is 2. The van der Waals surface area contributed by atoms with E-state index in [0.29, 0.717) is 12.5 Å². The largest absolute Gasteiger partial charge is 0.361 e.